The fraction of sp³-hybridized carbons (Fsp3) is 0.385. The van der Waals surface area contributed by atoms with Crippen molar-refractivity contribution in [1.82, 2.24) is 0 Å². The molecule has 3 atom stereocenters. The van der Waals surface area contributed by atoms with E-state index in [-0.39, 0.29) is 31.1 Å². The molecule has 0 unspecified atom stereocenters. The van der Waals surface area contributed by atoms with Gasteiger partial charge in [-0.15, -0.1) is 0 Å². The third-order valence-corrected chi connectivity index (χ3v) is 4.94. The van der Waals surface area contributed by atoms with Gasteiger partial charge >= 0.3 is 24.2 Å². The van der Waals surface area contributed by atoms with Gasteiger partial charge in [0.1, 0.15) is 18.2 Å². The Morgan fingerprint density at radius 2 is 1.35 bits per heavy atom. The van der Waals surface area contributed by atoms with Gasteiger partial charge in [0.15, 0.2) is 11.5 Å². The van der Waals surface area contributed by atoms with E-state index >= 15 is 0 Å². The molecule has 200 valence electrons. The molecule has 0 fully saturated rings. The minimum absolute atomic E-state index is 0.00259. The van der Waals surface area contributed by atoms with Crippen molar-refractivity contribution < 1.29 is 47.6 Å². The van der Waals surface area contributed by atoms with Crippen LogP contribution in [0.4, 0.5) is 9.59 Å². The Morgan fingerprint density at radius 3 is 1.95 bits per heavy atom. The Balaban J connectivity index is 2.02. The van der Waals surface area contributed by atoms with Crippen LogP contribution < -0.4 is 15.2 Å². The maximum Gasteiger partial charge on any atom is 0.513 e. The van der Waals surface area contributed by atoms with Gasteiger partial charge in [-0.3, -0.25) is 4.79 Å². The van der Waals surface area contributed by atoms with Crippen LogP contribution in [0.25, 0.3) is 0 Å². The summed E-state index contributed by atoms with van der Waals surface area (Å²) in [6.07, 6.45) is -3.49. The summed E-state index contributed by atoms with van der Waals surface area (Å²) in [5.41, 5.74) is 6.89. The summed E-state index contributed by atoms with van der Waals surface area (Å²) in [5, 5.41) is 0. The third-order valence-electron chi connectivity index (χ3n) is 4.94. The van der Waals surface area contributed by atoms with Crippen LogP contribution in [0.2, 0.25) is 0 Å². The van der Waals surface area contributed by atoms with Gasteiger partial charge in [-0.2, -0.15) is 0 Å². The lowest BCUT2D eigenvalue weighted by atomic mass is 10.1. The third kappa shape index (κ3) is 9.45. The summed E-state index contributed by atoms with van der Waals surface area (Å²) in [5.74, 6) is -1.48. The molecular weight excluding hydrogens is 486 g/mol. The molecule has 2 N–H and O–H groups in total. The molecule has 11 nitrogen and oxygen atoms in total. The van der Waals surface area contributed by atoms with Gasteiger partial charge in [-0.1, -0.05) is 24.3 Å². The van der Waals surface area contributed by atoms with E-state index in [0.29, 0.717) is 11.1 Å². The number of rotatable bonds is 11. The van der Waals surface area contributed by atoms with Crippen molar-refractivity contribution in [1.29, 1.82) is 0 Å². The van der Waals surface area contributed by atoms with E-state index in [1.165, 1.54) is 18.2 Å². The Kier molecular flexibility index (Phi) is 11.4. The predicted molar refractivity (Wildman–Crippen MR) is 130 cm³/mol. The van der Waals surface area contributed by atoms with Crippen LogP contribution in [0.5, 0.6) is 11.5 Å². The Morgan fingerprint density at radius 1 is 0.784 bits per heavy atom. The zero-order chi connectivity index (χ0) is 27.4. The van der Waals surface area contributed by atoms with Gasteiger partial charge in [0, 0.05) is 0 Å². The molecule has 0 radical (unpaired) electrons. The summed E-state index contributed by atoms with van der Waals surface area (Å²) >= 11 is 0. The summed E-state index contributed by atoms with van der Waals surface area (Å²) in [6, 6.07) is 11.6. The van der Waals surface area contributed by atoms with Crippen molar-refractivity contribution in [2.45, 2.75) is 52.4 Å². The second-order valence-corrected chi connectivity index (χ2v) is 7.78. The number of benzene rings is 2. The average molecular weight is 518 g/mol. The molecule has 11 heteroatoms. The van der Waals surface area contributed by atoms with Crippen molar-refractivity contribution in [2.24, 2.45) is 5.73 Å². The highest BCUT2D eigenvalue weighted by molar-refractivity contribution is 5.89. The Labute approximate surface area is 214 Å². The second kappa shape index (κ2) is 14.4. The number of nitrogens with two attached hydrogens (primary N) is 1. The van der Waals surface area contributed by atoms with Crippen LogP contribution in [0, 0.1) is 0 Å². The van der Waals surface area contributed by atoms with Gasteiger partial charge in [-0.25, -0.2) is 14.4 Å². The molecule has 0 heterocycles. The monoisotopic (exact) mass is 517 g/mol. The molecule has 0 aliphatic carbocycles. The molecular formula is C26H31NO10. The molecule has 0 spiro atoms. The van der Waals surface area contributed by atoms with Crippen LogP contribution in [-0.2, 0) is 30.2 Å². The van der Waals surface area contributed by atoms with Gasteiger partial charge in [0.05, 0.1) is 18.8 Å². The number of ether oxygens (including phenoxy) is 6. The van der Waals surface area contributed by atoms with E-state index in [2.05, 4.69) is 0 Å². The maximum atomic E-state index is 12.6. The van der Waals surface area contributed by atoms with Crippen LogP contribution >= 0.6 is 0 Å². The van der Waals surface area contributed by atoms with Crippen LogP contribution in [0.1, 0.15) is 43.6 Å². The first-order valence-corrected chi connectivity index (χ1v) is 11.7. The highest BCUT2D eigenvalue weighted by Crippen LogP contribution is 2.30. The largest absolute Gasteiger partial charge is 0.513 e. The number of esters is 2. The molecule has 2 aromatic rings. The molecule has 0 saturated heterocycles. The summed E-state index contributed by atoms with van der Waals surface area (Å²) in [4.78, 5) is 48.3. The lowest BCUT2D eigenvalue weighted by Gasteiger charge is -2.22. The van der Waals surface area contributed by atoms with E-state index in [4.69, 9.17) is 34.2 Å². The lowest BCUT2D eigenvalue weighted by Crippen LogP contribution is -2.39. The Bertz CT molecular complexity index is 1070. The fourth-order valence-corrected chi connectivity index (χ4v) is 2.93. The standard InChI is InChI=1S/C26H31NO10/c1-5-32-25(30)36-21-13-12-18(15-22(21)37-26(31)33-6-2)14-20(27)24(29)35-17(4)16(3)34-23(28)19-10-8-7-9-11-19/h7-13,15-17,20H,5-6,14,27H2,1-4H3/t16-,17-,20-/m0/s1. The molecule has 0 saturated carbocycles. The van der Waals surface area contributed by atoms with Gasteiger partial charge in [0.25, 0.3) is 0 Å². The van der Waals surface area contributed by atoms with Crippen LogP contribution in [0.15, 0.2) is 48.5 Å². The van der Waals surface area contributed by atoms with Crippen LogP contribution in [-0.4, -0.2) is 55.7 Å². The fourth-order valence-electron chi connectivity index (χ4n) is 2.93. The molecule has 0 amide bonds. The molecule has 0 aliphatic heterocycles. The molecule has 0 aliphatic rings. The van der Waals surface area contributed by atoms with E-state index in [1.54, 1.807) is 58.0 Å². The average Bonchev–Trinajstić information content (AvgIpc) is 2.86. The van der Waals surface area contributed by atoms with Crippen LogP contribution in [0.3, 0.4) is 0 Å². The van der Waals surface area contributed by atoms with Crippen molar-refractivity contribution in [3.8, 4) is 11.5 Å². The lowest BCUT2D eigenvalue weighted by molar-refractivity contribution is -0.154. The van der Waals surface area contributed by atoms with E-state index < -0.39 is 42.5 Å². The van der Waals surface area contributed by atoms with Crippen molar-refractivity contribution in [2.75, 3.05) is 13.2 Å². The molecule has 0 bridgehead atoms. The molecule has 37 heavy (non-hydrogen) atoms. The summed E-state index contributed by atoms with van der Waals surface area (Å²) in [6.45, 7) is 6.55. The first-order chi connectivity index (χ1) is 17.6. The Hall–Kier alpha value is -4.12. The number of carbonyl (C=O) groups is 4. The van der Waals surface area contributed by atoms with Crippen molar-refractivity contribution in [3.63, 3.8) is 0 Å². The smallest absolute Gasteiger partial charge is 0.458 e. The maximum absolute atomic E-state index is 12.6. The van der Waals surface area contributed by atoms with E-state index in [9.17, 15) is 19.2 Å². The number of hydrogen-bond donors (Lipinski definition) is 1. The first-order valence-electron chi connectivity index (χ1n) is 11.7. The predicted octanol–water partition coefficient (Wildman–Crippen LogP) is 3.80. The second-order valence-electron chi connectivity index (χ2n) is 7.78. The molecule has 2 rings (SSSR count). The first kappa shape index (κ1) is 29.1. The number of carbonyl (C=O) groups excluding carboxylic acids is 4. The SMILES string of the molecule is CCOC(=O)Oc1ccc(C[C@H](N)C(=O)O[C@@H](C)[C@H](C)OC(=O)c2ccccc2)cc1OC(=O)OCC. The van der Waals surface area contributed by atoms with Gasteiger partial charge < -0.3 is 34.2 Å². The summed E-state index contributed by atoms with van der Waals surface area (Å²) in [7, 11) is 0. The normalized spacial score (nSPS) is 12.9. The number of hydrogen-bond acceptors (Lipinski definition) is 11. The van der Waals surface area contributed by atoms with E-state index in [1.807, 2.05) is 0 Å². The van der Waals surface area contributed by atoms with Gasteiger partial charge in [0.2, 0.25) is 0 Å². The zero-order valence-corrected chi connectivity index (χ0v) is 21.1. The minimum Gasteiger partial charge on any atom is -0.458 e. The minimum atomic E-state index is -1.09. The van der Waals surface area contributed by atoms with Crippen molar-refractivity contribution in [3.05, 3.63) is 59.7 Å². The quantitative estimate of drug-likeness (QED) is 0.263. The highest BCUT2D eigenvalue weighted by atomic mass is 16.7. The zero-order valence-electron chi connectivity index (χ0n) is 21.1. The van der Waals surface area contributed by atoms with Crippen molar-refractivity contribution >= 4 is 24.2 Å². The van der Waals surface area contributed by atoms with E-state index in [0.717, 1.165) is 0 Å². The van der Waals surface area contributed by atoms with Gasteiger partial charge in [-0.05, 0) is 63.9 Å². The molecule has 0 aromatic heterocycles. The summed E-state index contributed by atoms with van der Waals surface area (Å²) < 4.78 is 30.4. The topological polar surface area (TPSA) is 150 Å². The molecule has 2 aromatic carbocycles. The highest BCUT2D eigenvalue weighted by Gasteiger charge is 2.25.